The Morgan fingerprint density at radius 1 is 1.16 bits per heavy atom. The molecule has 0 saturated carbocycles. The van der Waals surface area contributed by atoms with Crippen LogP contribution < -0.4 is 10.7 Å². The van der Waals surface area contributed by atoms with Crippen molar-refractivity contribution in [3.63, 3.8) is 0 Å². The van der Waals surface area contributed by atoms with Gasteiger partial charge in [0.25, 0.3) is 11.8 Å². The first-order chi connectivity index (χ1) is 12.1. The number of amides is 2. The SMILES string of the molecule is O=C(CNC(=O)c1cccc(F)c1)NN=Cc1c[nH]c2ccccc12. The number of hydrazone groups is 1. The summed E-state index contributed by atoms with van der Waals surface area (Å²) in [5, 5.41) is 7.26. The van der Waals surface area contributed by atoms with E-state index in [1.807, 2.05) is 24.3 Å². The zero-order valence-electron chi connectivity index (χ0n) is 13.1. The maximum Gasteiger partial charge on any atom is 0.259 e. The molecular weight excluding hydrogens is 323 g/mol. The Bertz CT molecular complexity index is 949. The topological polar surface area (TPSA) is 86.3 Å². The van der Waals surface area contributed by atoms with Gasteiger partial charge < -0.3 is 10.3 Å². The van der Waals surface area contributed by atoms with Crippen LogP contribution in [0, 0.1) is 5.82 Å². The number of nitrogens with zero attached hydrogens (tertiary/aromatic N) is 1. The Balaban J connectivity index is 1.52. The van der Waals surface area contributed by atoms with Gasteiger partial charge in [-0.1, -0.05) is 24.3 Å². The summed E-state index contributed by atoms with van der Waals surface area (Å²) < 4.78 is 13.1. The largest absolute Gasteiger partial charge is 0.361 e. The molecule has 126 valence electrons. The number of nitrogens with one attached hydrogen (secondary N) is 3. The highest BCUT2D eigenvalue weighted by atomic mass is 19.1. The Kier molecular flexibility index (Phi) is 4.84. The van der Waals surface area contributed by atoms with E-state index in [4.69, 9.17) is 0 Å². The third kappa shape index (κ3) is 4.08. The second kappa shape index (κ2) is 7.39. The van der Waals surface area contributed by atoms with Gasteiger partial charge in [0.15, 0.2) is 0 Å². The molecule has 0 saturated heterocycles. The highest BCUT2D eigenvalue weighted by Gasteiger charge is 2.08. The number of halogens is 1. The molecule has 0 aliphatic rings. The van der Waals surface area contributed by atoms with Crippen LogP contribution in [0.25, 0.3) is 10.9 Å². The Morgan fingerprint density at radius 2 is 2.00 bits per heavy atom. The van der Waals surface area contributed by atoms with Gasteiger partial charge in [0.2, 0.25) is 0 Å². The standard InChI is InChI=1S/C18H15FN4O2/c19-14-5-3-4-12(8-14)18(25)21-11-17(24)23-22-10-13-9-20-16-7-2-1-6-15(13)16/h1-10,20H,11H2,(H,21,25)(H,23,24). The molecule has 0 unspecified atom stereocenters. The molecule has 0 bridgehead atoms. The highest BCUT2D eigenvalue weighted by molar-refractivity contribution is 5.99. The van der Waals surface area contributed by atoms with E-state index in [0.717, 1.165) is 22.5 Å². The quantitative estimate of drug-likeness (QED) is 0.492. The molecule has 7 heteroatoms. The van der Waals surface area contributed by atoms with Crippen LogP contribution in [-0.4, -0.2) is 29.6 Å². The summed E-state index contributed by atoms with van der Waals surface area (Å²) in [6.07, 6.45) is 3.30. The lowest BCUT2D eigenvalue weighted by Gasteiger charge is -2.04. The molecule has 6 nitrogen and oxygen atoms in total. The highest BCUT2D eigenvalue weighted by Crippen LogP contribution is 2.15. The van der Waals surface area contributed by atoms with E-state index in [-0.39, 0.29) is 12.1 Å². The van der Waals surface area contributed by atoms with Gasteiger partial charge in [-0.3, -0.25) is 9.59 Å². The normalized spacial score (nSPS) is 10.9. The number of benzene rings is 2. The molecular formula is C18H15FN4O2. The van der Waals surface area contributed by atoms with Gasteiger partial charge in [-0.15, -0.1) is 0 Å². The van der Waals surface area contributed by atoms with Crippen LogP contribution in [0.1, 0.15) is 15.9 Å². The Morgan fingerprint density at radius 3 is 2.84 bits per heavy atom. The van der Waals surface area contributed by atoms with Crippen LogP contribution in [0.3, 0.4) is 0 Å². The zero-order valence-corrected chi connectivity index (χ0v) is 13.1. The Hall–Kier alpha value is -3.48. The average Bonchev–Trinajstić information content (AvgIpc) is 3.03. The van der Waals surface area contributed by atoms with Crippen molar-refractivity contribution >= 4 is 28.9 Å². The fraction of sp³-hybridized carbons (Fsp3) is 0.0556. The van der Waals surface area contributed by atoms with Gasteiger partial charge >= 0.3 is 0 Å². The number of para-hydroxylation sites is 1. The number of hydrogen-bond donors (Lipinski definition) is 3. The molecule has 0 aliphatic heterocycles. The van der Waals surface area contributed by atoms with Gasteiger partial charge in [-0.05, 0) is 24.3 Å². The van der Waals surface area contributed by atoms with Crippen molar-refractivity contribution in [1.82, 2.24) is 15.7 Å². The lowest BCUT2D eigenvalue weighted by Crippen LogP contribution is -2.34. The Labute approximate surface area is 142 Å². The van der Waals surface area contributed by atoms with Gasteiger partial charge in [0, 0.05) is 28.2 Å². The van der Waals surface area contributed by atoms with E-state index >= 15 is 0 Å². The first kappa shape index (κ1) is 16.4. The van der Waals surface area contributed by atoms with Crippen molar-refractivity contribution in [3.05, 3.63) is 71.7 Å². The molecule has 3 aromatic rings. The van der Waals surface area contributed by atoms with Crippen molar-refractivity contribution in [1.29, 1.82) is 0 Å². The van der Waals surface area contributed by atoms with Crippen molar-refractivity contribution < 1.29 is 14.0 Å². The summed E-state index contributed by atoms with van der Waals surface area (Å²) in [7, 11) is 0. The minimum Gasteiger partial charge on any atom is -0.361 e. The number of fused-ring (bicyclic) bond motifs is 1. The summed E-state index contributed by atoms with van der Waals surface area (Å²) in [5.74, 6) is -1.53. The minimum absolute atomic E-state index is 0.148. The van der Waals surface area contributed by atoms with Crippen LogP contribution in [0.5, 0.6) is 0 Å². The maximum absolute atomic E-state index is 13.1. The molecule has 1 aromatic heterocycles. The van der Waals surface area contributed by atoms with Gasteiger partial charge in [-0.25, -0.2) is 9.82 Å². The van der Waals surface area contributed by atoms with E-state index in [9.17, 15) is 14.0 Å². The molecule has 25 heavy (non-hydrogen) atoms. The number of H-pyrrole nitrogens is 1. The number of hydrogen-bond acceptors (Lipinski definition) is 3. The lowest BCUT2D eigenvalue weighted by atomic mass is 10.2. The minimum atomic E-state index is -0.532. The van der Waals surface area contributed by atoms with Crippen molar-refractivity contribution in [2.45, 2.75) is 0 Å². The molecule has 0 spiro atoms. The van der Waals surface area contributed by atoms with Gasteiger partial charge in [-0.2, -0.15) is 5.10 Å². The van der Waals surface area contributed by atoms with Crippen molar-refractivity contribution in [2.75, 3.05) is 6.54 Å². The molecule has 0 atom stereocenters. The number of aromatic nitrogens is 1. The van der Waals surface area contributed by atoms with E-state index in [2.05, 4.69) is 20.8 Å². The van der Waals surface area contributed by atoms with Crippen LogP contribution in [-0.2, 0) is 4.79 Å². The molecule has 3 N–H and O–H groups in total. The van der Waals surface area contributed by atoms with E-state index < -0.39 is 17.6 Å². The molecule has 1 heterocycles. The maximum atomic E-state index is 13.1. The summed E-state index contributed by atoms with van der Waals surface area (Å²) in [4.78, 5) is 26.6. The van der Waals surface area contributed by atoms with Crippen molar-refractivity contribution in [2.24, 2.45) is 5.10 Å². The second-order valence-corrected chi connectivity index (χ2v) is 5.28. The van der Waals surface area contributed by atoms with Crippen LogP contribution in [0.4, 0.5) is 4.39 Å². The average molecular weight is 338 g/mol. The number of rotatable bonds is 5. The number of carbonyl (C=O) groups excluding carboxylic acids is 2. The molecule has 2 amide bonds. The molecule has 0 fully saturated rings. The van der Waals surface area contributed by atoms with E-state index in [1.165, 1.54) is 24.4 Å². The van der Waals surface area contributed by atoms with Crippen LogP contribution in [0.2, 0.25) is 0 Å². The zero-order chi connectivity index (χ0) is 17.6. The summed E-state index contributed by atoms with van der Waals surface area (Å²) >= 11 is 0. The predicted octanol–water partition coefficient (Wildman–Crippen LogP) is 2.19. The third-order valence-corrected chi connectivity index (χ3v) is 3.51. The fourth-order valence-electron chi connectivity index (χ4n) is 2.31. The fourth-order valence-corrected chi connectivity index (χ4v) is 2.31. The van der Waals surface area contributed by atoms with Crippen LogP contribution in [0.15, 0.2) is 59.8 Å². The van der Waals surface area contributed by atoms with Gasteiger partial charge in [0.1, 0.15) is 5.82 Å². The third-order valence-electron chi connectivity index (χ3n) is 3.51. The molecule has 3 rings (SSSR count). The second-order valence-electron chi connectivity index (χ2n) is 5.28. The van der Waals surface area contributed by atoms with Gasteiger partial charge in [0.05, 0.1) is 12.8 Å². The van der Waals surface area contributed by atoms with Crippen LogP contribution >= 0.6 is 0 Å². The number of aromatic amines is 1. The van der Waals surface area contributed by atoms with E-state index in [0.29, 0.717) is 0 Å². The lowest BCUT2D eigenvalue weighted by molar-refractivity contribution is -0.120. The monoisotopic (exact) mass is 338 g/mol. The number of carbonyl (C=O) groups is 2. The molecule has 0 aliphatic carbocycles. The first-order valence-electron chi connectivity index (χ1n) is 7.55. The summed E-state index contributed by atoms with van der Waals surface area (Å²) in [6, 6.07) is 12.9. The summed E-state index contributed by atoms with van der Waals surface area (Å²) in [6.45, 7) is -0.263. The summed E-state index contributed by atoms with van der Waals surface area (Å²) in [5.41, 5.74) is 4.28. The molecule has 2 aromatic carbocycles. The van der Waals surface area contributed by atoms with E-state index in [1.54, 1.807) is 6.20 Å². The first-order valence-corrected chi connectivity index (χ1v) is 7.55. The predicted molar refractivity (Wildman–Crippen MR) is 92.8 cm³/mol. The smallest absolute Gasteiger partial charge is 0.259 e. The molecule has 0 radical (unpaired) electrons. The van der Waals surface area contributed by atoms with Crippen molar-refractivity contribution in [3.8, 4) is 0 Å².